The van der Waals surface area contributed by atoms with Crippen molar-refractivity contribution in [3.63, 3.8) is 0 Å². The van der Waals surface area contributed by atoms with Crippen LogP contribution in [0.5, 0.6) is 0 Å². The summed E-state index contributed by atoms with van der Waals surface area (Å²) in [6.07, 6.45) is -2.33. The number of rotatable bonds is 7. The smallest absolute Gasteiger partial charge is 0.341 e. The molecule has 1 aliphatic rings. The molecule has 7 nitrogen and oxygen atoms in total. The maximum absolute atomic E-state index is 13.6. The van der Waals surface area contributed by atoms with Crippen molar-refractivity contribution in [3.05, 3.63) is 71.6 Å². The first kappa shape index (κ1) is 23.5. The van der Waals surface area contributed by atoms with Crippen molar-refractivity contribution in [3.8, 4) is 0 Å². The van der Waals surface area contributed by atoms with Crippen LogP contribution in [0.4, 0.5) is 13.2 Å². The van der Waals surface area contributed by atoms with Gasteiger partial charge in [0.15, 0.2) is 9.84 Å². The van der Waals surface area contributed by atoms with Gasteiger partial charge in [0, 0.05) is 13.1 Å². The summed E-state index contributed by atoms with van der Waals surface area (Å²) >= 11 is 0. The Morgan fingerprint density at radius 1 is 1.06 bits per heavy atom. The van der Waals surface area contributed by atoms with Gasteiger partial charge in [0.1, 0.15) is 16.1 Å². The number of primary amides is 1. The van der Waals surface area contributed by atoms with E-state index in [0.717, 1.165) is 36.4 Å². The summed E-state index contributed by atoms with van der Waals surface area (Å²) in [6, 6.07) is 9.03. The third-order valence-electron chi connectivity index (χ3n) is 5.43. The summed E-state index contributed by atoms with van der Waals surface area (Å²) in [4.78, 5) is 23.9. The minimum atomic E-state index is -4.14. The molecule has 2 aromatic carbocycles. The van der Waals surface area contributed by atoms with Crippen LogP contribution in [0.1, 0.15) is 17.5 Å². The zero-order valence-corrected chi connectivity index (χ0v) is 17.4. The van der Waals surface area contributed by atoms with Gasteiger partial charge >= 0.3 is 5.97 Å². The molecule has 0 unspecified atom stereocenters. The number of likely N-dealkylation sites (tertiary alicyclic amines) is 1. The molecule has 3 rings (SSSR count). The first-order valence-electron chi connectivity index (χ1n) is 9.38. The fraction of sp³-hybridized carbons (Fsp3) is 0.238. The van der Waals surface area contributed by atoms with Gasteiger partial charge in [0.05, 0.1) is 11.4 Å². The predicted octanol–water partition coefficient (Wildman–Crippen LogP) is 2.38. The Labute approximate surface area is 181 Å². The van der Waals surface area contributed by atoms with Crippen LogP contribution in [-0.4, -0.2) is 49.9 Å². The number of benzene rings is 2. The maximum Gasteiger partial charge on any atom is 0.341 e. The normalized spacial score (nSPS) is 19.0. The Hall–Kier alpha value is -3.18. The van der Waals surface area contributed by atoms with Crippen molar-refractivity contribution in [1.29, 1.82) is 0 Å². The maximum atomic E-state index is 13.6. The molecule has 0 saturated carbocycles. The molecule has 0 aromatic heterocycles. The first-order valence-corrected chi connectivity index (χ1v) is 10.9. The molecule has 1 heterocycles. The number of nitrogens with two attached hydrogens (primary N) is 1. The summed E-state index contributed by atoms with van der Waals surface area (Å²) in [5.74, 6) is -3.09. The lowest BCUT2D eigenvalue weighted by Crippen LogP contribution is -2.41. The number of hydrogen-bond acceptors (Lipinski definition) is 5. The van der Waals surface area contributed by atoms with Gasteiger partial charge in [-0.15, -0.1) is 0 Å². The van der Waals surface area contributed by atoms with Gasteiger partial charge in [-0.1, -0.05) is 24.3 Å². The summed E-state index contributed by atoms with van der Waals surface area (Å²) in [5, 5.41) is 9.03. The minimum Gasteiger partial charge on any atom is -0.477 e. The van der Waals surface area contributed by atoms with E-state index in [1.165, 1.54) is 12.1 Å². The molecule has 1 atom stereocenters. The van der Waals surface area contributed by atoms with E-state index in [2.05, 4.69) is 0 Å². The molecular formula is C21H19F3N2O5S. The van der Waals surface area contributed by atoms with Crippen LogP contribution in [0.15, 0.2) is 59.5 Å². The second-order valence-corrected chi connectivity index (χ2v) is 9.66. The highest BCUT2D eigenvalue weighted by Gasteiger charge is 2.51. The van der Waals surface area contributed by atoms with Gasteiger partial charge in [-0.25, -0.2) is 17.6 Å². The predicted molar refractivity (Wildman–Crippen MR) is 109 cm³/mol. The van der Waals surface area contributed by atoms with Crippen LogP contribution < -0.4 is 5.73 Å². The molecule has 3 N–H and O–H groups in total. The lowest BCUT2D eigenvalue weighted by atomic mass is 9.94. The Balaban J connectivity index is 2.12. The standard InChI is InChI=1S/C21H19F3N2O5S/c22-15-5-7-16(8-6-15)32(30,31)21(9-10-26(12-21)11-17(25)27)14-3-1-13(2-4-14)18(19(23)24)20(28)29/h1-8H,9-12H2,(H2,25,27)(H,28,29)/t21-/m0/s1. The van der Waals surface area contributed by atoms with E-state index >= 15 is 0 Å². The molecule has 0 spiro atoms. The van der Waals surface area contributed by atoms with Crippen LogP contribution in [-0.2, 0) is 24.2 Å². The Bertz CT molecular complexity index is 1180. The van der Waals surface area contributed by atoms with E-state index in [1.807, 2.05) is 0 Å². The van der Waals surface area contributed by atoms with Crippen molar-refractivity contribution in [2.75, 3.05) is 19.6 Å². The van der Waals surface area contributed by atoms with Crippen LogP contribution in [0.25, 0.3) is 5.57 Å². The Morgan fingerprint density at radius 2 is 1.66 bits per heavy atom. The highest BCUT2D eigenvalue weighted by molar-refractivity contribution is 7.92. The number of sulfone groups is 1. The molecule has 32 heavy (non-hydrogen) atoms. The van der Waals surface area contributed by atoms with Crippen molar-refractivity contribution >= 4 is 27.3 Å². The van der Waals surface area contributed by atoms with Crippen molar-refractivity contribution in [2.24, 2.45) is 5.73 Å². The van der Waals surface area contributed by atoms with Gasteiger partial charge in [0.25, 0.3) is 6.08 Å². The lowest BCUT2D eigenvalue weighted by molar-refractivity contribution is -0.130. The molecule has 170 valence electrons. The number of aliphatic carboxylic acids is 1. The monoisotopic (exact) mass is 468 g/mol. The average Bonchev–Trinajstić information content (AvgIpc) is 3.13. The highest BCUT2D eigenvalue weighted by Crippen LogP contribution is 2.43. The third-order valence-corrected chi connectivity index (χ3v) is 7.92. The van der Waals surface area contributed by atoms with Gasteiger partial charge in [-0.3, -0.25) is 9.69 Å². The van der Waals surface area contributed by atoms with Crippen molar-refractivity contribution in [1.82, 2.24) is 4.90 Å². The van der Waals surface area contributed by atoms with Crippen LogP contribution >= 0.6 is 0 Å². The van der Waals surface area contributed by atoms with E-state index < -0.39 is 43.9 Å². The molecule has 1 aliphatic heterocycles. The van der Waals surface area contributed by atoms with E-state index in [0.29, 0.717) is 0 Å². The van der Waals surface area contributed by atoms with Gasteiger partial charge in [-0.2, -0.15) is 8.78 Å². The fourth-order valence-corrected chi connectivity index (χ4v) is 6.02. The molecule has 1 amide bonds. The molecule has 1 fully saturated rings. The van der Waals surface area contributed by atoms with Crippen molar-refractivity contribution < 1.29 is 36.3 Å². The SMILES string of the molecule is NC(=O)CN1CC[C@](c2ccc(C(C(=O)O)=C(F)F)cc2)(S(=O)(=O)c2ccc(F)cc2)C1. The molecule has 0 radical (unpaired) electrons. The van der Waals surface area contributed by atoms with Crippen LogP contribution in [0, 0.1) is 5.82 Å². The summed E-state index contributed by atoms with van der Waals surface area (Å²) in [6.45, 7) is -0.0870. The van der Waals surface area contributed by atoms with E-state index in [-0.39, 0.29) is 42.1 Å². The first-order chi connectivity index (χ1) is 15.0. The molecule has 1 saturated heterocycles. The Kier molecular flexibility index (Phi) is 6.42. The minimum absolute atomic E-state index is 0.0540. The summed E-state index contributed by atoms with van der Waals surface area (Å²) in [7, 11) is -4.14. The molecule has 11 heteroatoms. The van der Waals surface area contributed by atoms with Crippen LogP contribution in [0.3, 0.4) is 0 Å². The quantitative estimate of drug-likeness (QED) is 0.476. The van der Waals surface area contributed by atoms with E-state index in [1.54, 1.807) is 4.90 Å². The van der Waals surface area contributed by atoms with E-state index in [9.17, 15) is 31.2 Å². The molecule has 2 aromatic rings. The number of nitrogens with zero attached hydrogens (tertiary/aromatic N) is 1. The fourth-order valence-electron chi connectivity index (χ4n) is 3.92. The van der Waals surface area contributed by atoms with Crippen molar-refractivity contribution in [2.45, 2.75) is 16.1 Å². The van der Waals surface area contributed by atoms with E-state index in [4.69, 9.17) is 10.8 Å². The number of carboxylic acid groups (broad SMARTS) is 1. The number of amides is 1. The largest absolute Gasteiger partial charge is 0.477 e. The second kappa shape index (κ2) is 8.75. The number of hydrogen-bond donors (Lipinski definition) is 2. The highest BCUT2D eigenvalue weighted by atomic mass is 32.2. The lowest BCUT2D eigenvalue weighted by Gasteiger charge is -2.30. The third kappa shape index (κ3) is 4.26. The molecule has 0 aliphatic carbocycles. The zero-order chi connectivity index (χ0) is 23.7. The average molecular weight is 468 g/mol. The number of carbonyl (C=O) groups is 2. The number of halogens is 3. The Morgan fingerprint density at radius 3 is 2.16 bits per heavy atom. The van der Waals surface area contributed by atoms with Gasteiger partial charge < -0.3 is 10.8 Å². The number of carbonyl (C=O) groups excluding carboxylic acids is 1. The number of carboxylic acids is 1. The van der Waals surface area contributed by atoms with Gasteiger partial charge in [0.2, 0.25) is 5.91 Å². The molecule has 0 bridgehead atoms. The van der Waals surface area contributed by atoms with Gasteiger partial charge in [-0.05, 0) is 41.8 Å². The molecular weight excluding hydrogens is 449 g/mol. The second-order valence-electron chi connectivity index (χ2n) is 7.40. The zero-order valence-electron chi connectivity index (χ0n) is 16.6. The topological polar surface area (TPSA) is 118 Å². The summed E-state index contributed by atoms with van der Waals surface area (Å²) < 4.78 is 65.2. The summed E-state index contributed by atoms with van der Waals surface area (Å²) in [5.41, 5.74) is 3.99. The van der Waals surface area contributed by atoms with Crippen LogP contribution in [0.2, 0.25) is 0 Å².